The Bertz CT molecular complexity index is 711. The average Bonchev–Trinajstić information content (AvgIpc) is 2.40. The number of hydrogen-bond acceptors (Lipinski definition) is 1. The van der Waals surface area contributed by atoms with Crippen LogP contribution in [0.25, 0.3) is 22.2 Å². The fourth-order valence-electron chi connectivity index (χ4n) is 2.20. The second-order valence-electron chi connectivity index (χ2n) is 4.21. The minimum Gasteiger partial charge on any atom is -0.877 e. The zero-order chi connectivity index (χ0) is 12.5. The first-order chi connectivity index (χ1) is 8.77. The molecule has 88 valence electrons. The Hall–Kier alpha value is -1.88. The summed E-state index contributed by atoms with van der Waals surface area (Å²) in [6.07, 6.45) is 0. The summed E-state index contributed by atoms with van der Waals surface area (Å²) in [5, 5.41) is 12.8. The molecular formula is C16H12LiNO. The van der Waals surface area contributed by atoms with Crippen molar-refractivity contribution in [2.24, 2.45) is 0 Å². The molecule has 0 saturated carbocycles. The molecule has 3 heteroatoms. The first-order valence-corrected chi connectivity index (χ1v) is 5.78. The summed E-state index contributed by atoms with van der Waals surface area (Å²) in [4.78, 5) is 0. The maximum Gasteiger partial charge on any atom is 1.00 e. The van der Waals surface area contributed by atoms with Crippen LogP contribution in [0.2, 0.25) is 0 Å². The smallest absolute Gasteiger partial charge is 0.877 e. The minimum atomic E-state index is 0. The van der Waals surface area contributed by atoms with Crippen LogP contribution in [-0.2, 0) is 0 Å². The van der Waals surface area contributed by atoms with Gasteiger partial charge < -0.3 is 9.67 Å². The zero-order valence-corrected chi connectivity index (χ0v) is 10.8. The van der Waals surface area contributed by atoms with E-state index >= 15 is 0 Å². The number of nitrogens with zero attached hydrogens (tertiary/aromatic N) is 1. The van der Waals surface area contributed by atoms with Crippen molar-refractivity contribution in [2.75, 3.05) is 0 Å². The molecule has 0 fully saturated rings. The number of fused-ring (bicyclic) bond motifs is 1. The predicted octanol–water partition coefficient (Wildman–Crippen LogP) is -0.488. The van der Waals surface area contributed by atoms with Crippen molar-refractivity contribution in [2.45, 2.75) is 0 Å². The Balaban J connectivity index is 0.00000133. The summed E-state index contributed by atoms with van der Waals surface area (Å²) in [6, 6.07) is 19.2. The van der Waals surface area contributed by atoms with Gasteiger partial charge in [-0.1, -0.05) is 60.3 Å². The zero-order valence-electron chi connectivity index (χ0n) is 10.8. The van der Waals surface area contributed by atoms with E-state index in [1.165, 1.54) is 0 Å². The quantitative estimate of drug-likeness (QED) is 0.321. The van der Waals surface area contributed by atoms with Crippen molar-refractivity contribution in [3.63, 3.8) is 0 Å². The monoisotopic (exact) mass is 241 g/mol. The van der Waals surface area contributed by atoms with Crippen molar-refractivity contribution < 1.29 is 28.5 Å². The molecule has 0 N–H and O–H groups in total. The van der Waals surface area contributed by atoms with Crippen LogP contribution >= 0.6 is 0 Å². The normalized spacial score (nSPS) is 10.1. The molecule has 0 aliphatic heterocycles. The van der Waals surface area contributed by atoms with Crippen LogP contribution in [0.15, 0.2) is 60.7 Å². The van der Waals surface area contributed by atoms with Crippen LogP contribution in [0.4, 0.5) is 0 Å². The number of para-hydroxylation sites is 1. The summed E-state index contributed by atoms with van der Waals surface area (Å²) in [7, 11) is 4.00. The molecule has 2 nitrogen and oxygen atoms in total. The van der Waals surface area contributed by atoms with Gasteiger partial charge in [0.05, 0.1) is 0 Å². The Labute approximate surface area is 124 Å². The molecule has 0 aliphatic carbocycles. The third-order valence-corrected chi connectivity index (χ3v) is 3.08. The third kappa shape index (κ3) is 2.33. The molecule has 0 bridgehead atoms. The van der Waals surface area contributed by atoms with Gasteiger partial charge in [-0.2, -0.15) is 0 Å². The van der Waals surface area contributed by atoms with Crippen molar-refractivity contribution in [1.29, 1.82) is 0 Å². The molecule has 0 atom stereocenters. The molecule has 3 aromatic rings. The fraction of sp³-hybridized carbons (Fsp3) is 0. The van der Waals surface area contributed by atoms with Crippen LogP contribution in [0.5, 0.6) is 5.75 Å². The molecule has 1 aromatic heterocycles. The number of hydrogen-bond donors (Lipinski definition) is 0. The maximum atomic E-state index is 11.9. The summed E-state index contributed by atoms with van der Waals surface area (Å²) >= 11 is 0. The van der Waals surface area contributed by atoms with Gasteiger partial charge >= 0.3 is 18.9 Å². The van der Waals surface area contributed by atoms with Gasteiger partial charge in [-0.15, -0.1) is 0 Å². The van der Waals surface area contributed by atoms with Crippen molar-refractivity contribution in [3.8, 4) is 17.0 Å². The standard InChI is InChI=1S/C16H13NO.Li/c1-17-14(12-6-3-2-4-7-12)11-10-13-8-5-9-15(18)16(13)17;/h2-11,18H,1H2;/q;+1/p-1. The van der Waals surface area contributed by atoms with E-state index in [0.717, 1.165) is 16.6 Å². The molecule has 0 aliphatic rings. The van der Waals surface area contributed by atoms with E-state index in [-0.39, 0.29) is 24.6 Å². The van der Waals surface area contributed by atoms with Crippen LogP contribution in [0, 0.1) is 7.05 Å². The molecular weight excluding hydrogens is 229 g/mol. The van der Waals surface area contributed by atoms with Gasteiger partial charge in [0, 0.05) is 7.05 Å². The first kappa shape index (κ1) is 13.5. The second-order valence-corrected chi connectivity index (χ2v) is 4.21. The topological polar surface area (TPSA) is 26.9 Å². The molecule has 0 radical (unpaired) electrons. The van der Waals surface area contributed by atoms with E-state index in [4.69, 9.17) is 0 Å². The number of aromatic nitrogens is 1. The second kappa shape index (κ2) is 5.40. The molecule has 0 amide bonds. The van der Waals surface area contributed by atoms with Crippen LogP contribution in [0.3, 0.4) is 0 Å². The van der Waals surface area contributed by atoms with Gasteiger partial charge in [-0.05, 0) is 17.0 Å². The van der Waals surface area contributed by atoms with E-state index in [9.17, 15) is 5.11 Å². The van der Waals surface area contributed by atoms with E-state index in [1.807, 2.05) is 48.5 Å². The Kier molecular flexibility index (Phi) is 3.85. The molecule has 0 unspecified atom stereocenters. The Morgan fingerprint density at radius 2 is 1.58 bits per heavy atom. The Morgan fingerprint density at radius 3 is 2.32 bits per heavy atom. The predicted molar refractivity (Wildman–Crippen MR) is 69.8 cm³/mol. The molecule has 0 spiro atoms. The summed E-state index contributed by atoms with van der Waals surface area (Å²) in [5.74, 6) is 0.000260. The molecule has 1 heterocycles. The van der Waals surface area contributed by atoms with E-state index in [2.05, 4.69) is 7.05 Å². The molecule has 0 saturated heterocycles. The van der Waals surface area contributed by atoms with Gasteiger partial charge in [-0.25, -0.2) is 0 Å². The van der Waals surface area contributed by atoms with Crippen molar-refractivity contribution in [3.05, 3.63) is 67.7 Å². The van der Waals surface area contributed by atoms with Gasteiger partial charge in [0.2, 0.25) is 0 Å². The molecule has 3 rings (SSSR count). The molecule has 19 heavy (non-hydrogen) atoms. The van der Waals surface area contributed by atoms with Gasteiger partial charge in [0.25, 0.3) is 0 Å². The van der Waals surface area contributed by atoms with E-state index in [0.29, 0.717) is 5.52 Å². The largest absolute Gasteiger partial charge is 1.00 e. The number of pyridine rings is 1. The molecule has 2 aromatic carbocycles. The number of benzene rings is 2. The van der Waals surface area contributed by atoms with Gasteiger partial charge in [0.1, 0.15) is 11.2 Å². The average molecular weight is 241 g/mol. The van der Waals surface area contributed by atoms with Crippen LogP contribution in [0.1, 0.15) is 0 Å². The van der Waals surface area contributed by atoms with Crippen molar-refractivity contribution >= 4 is 10.9 Å². The number of rotatable bonds is 1. The maximum absolute atomic E-state index is 11.9. The van der Waals surface area contributed by atoms with E-state index < -0.39 is 0 Å². The van der Waals surface area contributed by atoms with Crippen LogP contribution < -0.4 is 28.5 Å². The summed E-state index contributed by atoms with van der Waals surface area (Å²) < 4.78 is 1.72. The van der Waals surface area contributed by atoms with Crippen LogP contribution in [-0.4, -0.2) is 0 Å². The minimum absolute atomic E-state index is 0. The third-order valence-electron chi connectivity index (χ3n) is 3.08. The summed E-state index contributed by atoms with van der Waals surface area (Å²) in [5.41, 5.74) is 2.63. The van der Waals surface area contributed by atoms with Crippen molar-refractivity contribution in [1.82, 2.24) is 0 Å². The van der Waals surface area contributed by atoms with Gasteiger partial charge in [-0.3, -0.25) is 0 Å². The SMILES string of the molecule is [CH2-][n+]1c(-c2ccccc2)ccc2cccc([O-])c21.[Li+]. The Morgan fingerprint density at radius 1 is 0.842 bits per heavy atom. The van der Waals surface area contributed by atoms with Gasteiger partial charge in [0.15, 0.2) is 0 Å². The van der Waals surface area contributed by atoms with E-state index in [1.54, 1.807) is 16.7 Å². The first-order valence-electron chi connectivity index (χ1n) is 5.78. The summed E-state index contributed by atoms with van der Waals surface area (Å²) in [6.45, 7) is 0. The fourth-order valence-corrected chi connectivity index (χ4v) is 2.20.